The Morgan fingerprint density at radius 3 is 2.27 bits per heavy atom. The minimum Gasteiger partial charge on any atom is -0.490 e. The zero-order valence-electron chi connectivity index (χ0n) is 9.71. The smallest absolute Gasteiger partial charge is 0.136 e. The van der Waals surface area contributed by atoms with Crippen molar-refractivity contribution in [2.24, 2.45) is 0 Å². The molecule has 0 aliphatic heterocycles. The molecule has 0 spiro atoms. The van der Waals surface area contributed by atoms with Crippen LogP contribution < -0.4 is 10.5 Å². The van der Waals surface area contributed by atoms with E-state index in [4.69, 9.17) is 4.74 Å². The summed E-state index contributed by atoms with van der Waals surface area (Å²) in [5.41, 5.74) is 7.09. The second-order valence-corrected chi connectivity index (χ2v) is 3.98. The van der Waals surface area contributed by atoms with E-state index < -0.39 is 6.10 Å². The van der Waals surface area contributed by atoms with Gasteiger partial charge in [0.2, 0.25) is 0 Å². The summed E-state index contributed by atoms with van der Waals surface area (Å²) >= 11 is 0. The molecule has 0 bridgehead atoms. The molecule has 0 heterocycles. The molecule has 84 valence electrons. The van der Waals surface area contributed by atoms with E-state index in [-0.39, 0.29) is 0 Å². The summed E-state index contributed by atoms with van der Waals surface area (Å²) < 4.78 is 5.59. The minimum absolute atomic E-state index is 0.314. The Morgan fingerprint density at radius 2 is 1.80 bits per heavy atom. The molecular formula is C12H20NO2+. The highest BCUT2D eigenvalue weighted by Gasteiger charge is 2.08. The van der Waals surface area contributed by atoms with Crippen LogP contribution in [0.1, 0.15) is 16.7 Å². The quantitative estimate of drug-likeness (QED) is 0.764. The normalized spacial score (nSPS) is 12.6. The van der Waals surface area contributed by atoms with Crippen LogP contribution in [0.25, 0.3) is 0 Å². The van der Waals surface area contributed by atoms with E-state index in [1.54, 1.807) is 0 Å². The zero-order valence-corrected chi connectivity index (χ0v) is 9.71. The maximum Gasteiger partial charge on any atom is 0.136 e. The van der Waals surface area contributed by atoms with E-state index in [1.165, 1.54) is 5.56 Å². The molecule has 1 aromatic carbocycles. The number of rotatable bonds is 4. The van der Waals surface area contributed by atoms with Gasteiger partial charge in [-0.05, 0) is 31.9 Å². The third kappa shape index (κ3) is 3.22. The number of hydrogen-bond donors (Lipinski definition) is 2. The van der Waals surface area contributed by atoms with Crippen molar-refractivity contribution < 1.29 is 15.6 Å². The predicted octanol–water partition coefficient (Wildman–Crippen LogP) is 0.593. The van der Waals surface area contributed by atoms with Gasteiger partial charge >= 0.3 is 0 Å². The highest BCUT2D eigenvalue weighted by Crippen LogP contribution is 2.24. The molecule has 0 fully saturated rings. The first-order valence-corrected chi connectivity index (χ1v) is 5.22. The number of hydrogen-bond acceptors (Lipinski definition) is 2. The third-order valence-corrected chi connectivity index (χ3v) is 2.36. The van der Waals surface area contributed by atoms with Crippen LogP contribution in [0.15, 0.2) is 12.1 Å². The van der Waals surface area contributed by atoms with Crippen LogP contribution in [-0.2, 0) is 0 Å². The molecule has 0 aromatic heterocycles. The average molecular weight is 210 g/mol. The first kappa shape index (κ1) is 12.0. The largest absolute Gasteiger partial charge is 0.490 e. The molecule has 3 heteroatoms. The Labute approximate surface area is 90.9 Å². The summed E-state index contributed by atoms with van der Waals surface area (Å²) in [5, 5.41) is 9.37. The van der Waals surface area contributed by atoms with Gasteiger partial charge in [0.05, 0.1) is 0 Å². The number of aryl methyl sites for hydroxylation is 3. The van der Waals surface area contributed by atoms with E-state index in [2.05, 4.69) is 24.8 Å². The van der Waals surface area contributed by atoms with Crippen molar-refractivity contribution in [2.45, 2.75) is 26.9 Å². The van der Waals surface area contributed by atoms with Gasteiger partial charge in [0.1, 0.15) is 25.0 Å². The number of ether oxygens (including phenoxy) is 1. The van der Waals surface area contributed by atoms with Gasteiger partial charge in [-0.3, -0.25) is 0 Å². The van der Waals surface area contributed by atoms with E-state index in [1.807, 2.05) is 13.8 Å². The second kappa shape index (κ2) is 5.14. The Hall–Kier alpha value is -1.06. The number of quaternary nitrogens is 1. The van der Waals surface area contributed by atoms with Crippen molar-refractivity contribution in [3.8, 4) is 5.75 Å². The summed E-state index contributed by atoms with van der Waals surface area (Å²) in [6, 6.07) is 4.16. The lowest BCUT2D eigenvalue weighted by molar-refractivity contribution is -0.384. The fraction of sp³-hybridized carbons (Fsp3) is 0.500. The Morgan fingerprint density at radius 1 is 1.27 bits per heavy atom. The van der Waals surface area contributed by atoms with Crippen molar-refractivity contribution in [2.75, 3.05) is 13.2 Å². The molecule has 3 nitrogen and oxygen atoms in total. The van der Waals surface area contributed by atoms with E-state index >= 15 is 0 Å². The lowest BCUT2D eigenvalue weighted by Crippen LogP contribution is -2.56. The Kier molecular flexibility index (Phi) is 4.12. The fourth-order valence-electron chi connectivity index (χ4n) is 1.66. The molecule has 0 saturated carbocycles. The topological polar surface area (TPSA) is 57.1 Å². The van der Waals surface area contributed by atoms with Crippen LogP contribution in [0.5, 0.6) is 5.75 Å². The number of aliphatic hydroxyl groups excluding tert-OH is 1. The predicted molar refractivity (Wildman–Crippen MR) is 59.9 cm³/mol. The lowest BCUT2D eigenvalue weighted by Gasteiger charge is -2.14. The molecule has 0 radical (unpaired) electrons. The highest BCUT2D eigenvalue weighted by atomic mass is 16.5. The summed E-state index contributed by atoms with van der Waals surface area (Å²) in [7, 11) is 0. The van der Waals surface area contributed by atoms with Gasteiger partial charge in [-0.25, -0.2) is 0 Å². The molecule has 15 heavy (non-hydrogen) atoms. The highest BCUT2D eigenvalue weighted by molar-refractivity contribution is 5.42. The fourth-order valence-corrected chi connectivity index (χ4v) is 1.66. The molecular weight excluding hydrogens is 190 g/mol. The Bertz CT molecular complexity index is 313. The summed E-state index contributed by atoms with van der Waals surface area (Å²) in [5.74, 6) is 0.883. The zero-order chi connectivity index (χ0) is 11.4. The molecule has 0 aliphatic carbocycles. The van der Waals surface area contributed by atoms with Crippen molar-refractivity contribution in [3.63, 3.8) is 0 Å². The van der Waals surface area contributed by atoms with Crippen molar-refractivity contribution >= 4 is 0 Å². The molecule has 1 rings (SSSR count). The van der Waals surface area contributed by atoms with E-state index in [9.17, 15) is 5.11 Å². The van der Waals surface area contributed by atoms with Gasteiger partial charge in [0.15, 0.2) is 0 Å². The monoisotopic (exact) mass is 210 g/mol. The second-order valence-electron chi connectivity index (χ2n) is 3.98. The van der Waals surface area contributed by atoms with Gasteiger partial charge in [-0.1, -0.05) is 17.7 Å². The van der Waals surface area contributed by atoms with Gasteiger partial charge in [0, 0.05) is 0 Å². The van der Waals surface area contributed by atoms with Crippen molar-refractivity contribution in [3.05, 3.63) is 28.8 Å². The van der Waals surface area contributed by atoms with Crippen LogP contribution in [0, 0.1) is 20.8 Å². The van der Waals surface area contributed by atoms with Gasteiger partial charge < -0.3 is 15.6 Å². The maximum absolute atomic E-state index is 9.37. The molecule has 1 atom stereocenters. The van der Waals surface area contributed by atoms with Crippen molar-refractivity contribution in [1.29, 1.82) is 0 Å². The average Bonchev–Trinajstić information content (AvgIpc) is 2.15. The standard InChI is InChI=1S/C12H19NO2/c1-8-4-9(2)12(10(3)5-8)15-7-11(14)6-13/h4-5,11,14H,6-7,13H2,1-3H3/p+1/t11-/m1/s1. The van der Waals surface area contributed by atoms with Crippen LogP contribution in [-0.4, -0.2) is 24.4 Å². The third-order valence-electron chi connectivity index (χ3n) is 2.36. The van der Waals surface area contributed by atoms with Gasteiger partial charge in [-0.15, -0.1) is 0 Å². The first-order valence-electron chi connectivity index (χ1n) is 5.22. The SMILES string of the molecule is Cc1cc(C)c(OC[C@H](O)C[NH3+])c(C)c1. The van der Waals surface area contributed by atoms with Crippen LogP contribution in [0.2, 0.25) is 0 Å². The van der Waals surface area contributed by atoms with Crippen LogP contribution >= 0.6 is 0 Å². The molecule has 0 unspecified atom stereocenters. The number of aliphatic hydroxyl groups is 1. The number of benzene rings is 1. The van der Waals surface area contributed by atoms with Crippen LogP contribution in [0.4, 0.5) is 0 Å². The van der Waals surface area contributed by atoms with Crippen molar-refractivity contribution in [1.82, 2.24) is 0 Å². The first-order chi connectivity index (χ1) is 7.04. The van der Waals surface area contributed by atoms with Gasteiger partial charge in [-0.2, -0.15) is 0 Å². The Balaban J connectivity index is 2.77. The van der Waals surface area contributed by atoms with Crippen LogP contribution in [0.3, 0.4) is 0 Å². The minimum atomic E-state index is -0.481. The molecule has 0 amide bonds. The maximum atomic E-state index is 9.37. The molecule has 1 aromatic rings. The summed E-state index contributed by atoms with van der Waals surface area (Å²) in [6.07, 6.45) is -0.481. The van der Waals surface area contributed by atoms with Gasteiger partial charge in [0.25, 0.3) is 0 Å². The summed E-state index contributed by atoms with van der Waals surface area (Å²) in [6.45, 7) is 6.89. The molecule has 0 saturated heterocycles. The molecule has 4 N–H and O–H groups in total. The van der Waals surface area contributed by atoms with E-state index in [0.29, 0.717) is 13.2 Å². The van der Waals surface area contributed by atoms with E-state index in [0.717, 1.165) is 16.9 Å². The summed E-state index contributed by atoms with van der Waals surface area (Å²) in [4.78, 5) is 0. The lowest BCUT2D eigenvalue weighted by atomic mass is 10.1. The molecule has 0 aliphatic rings.